The number of nitrogens with zero attached hydrogens (tertiary/aromatic N) is 3. The van der Waals surface area contributed by atoms with Crippen molar-refractivity contribution >= 4 is 34.6 Å². The van der Waals surface area contributed by atoms with Crippen LogP contribution in [0.1, 0.15) is 23.8 Å². The first-order chi connectivity index (χ1) is 10.9. The van der Waals surface area contributed by atoms with Crippen LogP contribution in [0.3, 0.4) is 0 Å². The fourth-order valence-corrected chi connectivity index (χ4v) is 2.21. The van der Waals surface area contributed by atoms with Gasteiger partial charge in [-0.25, -0.2) is 0 Å². The Bertz CT molecular complexity index is 744. The zero-order valence-electron chi connectivity index (χ0n) is 12.7. The molecule has 2 rings (SSSR count). The molecule has 0 atom stereocenters. The summed E-state index contributed by atoms with van der Waals surface area (Å²) < 4.78 is 1.16. The van der Waals surface area contributed by atoms with E-state index < -0.39 is 10.8 Å². The second-order valence-electron chi connectivity index (χ2n) is 4.83. The van der Waals surface area contributed by atoms with E-state index >= 15 is 0 Å². The molecule has 0 radical (unpaired) electrons. The number of aromatic nitrogens is 2. The summed E-state index contributed by atoms with van der Waals surface area (Å²) in [4.78, 5) is 22.8. The topological polar surface area (TPSA) is 102 Å². The van der Waals surface area contributed by atoms with Crippen LogP contribution in [0, 0.1) is 10.1 Å². The quantitative estimate of drug-likeness (QED) is 0.623. The van der Waals surface area contributed by atoms with E-state index in [2.05, 4.69) is 15.7 Å². The first-order valence-corrected chi connectivity index (χ1v) is 7.33. The molecule has 0 aliphatic heterocycles. The average molecular weight is 338 g/mol. The van der Waals surface area contributed by atoms with E-state index in [1.54, 1.807) is 18.2 Å². The molecule has 1 aromatic carbocycles. The molecule has 2 N–H and O–H groups in total. The number of benzene rings is 1. The molecule has 122 valence electrons. The molecule has 1 amide bonds. The summed E-state index contributed by atoms with van der Waals surface area (Å²) in [6.45, 7) is 2.73. The number of aryl methyl sites for hydroxylation is 1. The van der Waals surface area contributed by atoms with Gasteiger partial charge in [-0.1, -0.05) is 18.5 Å². The molecule has 0 aliphatic rings. The Hall–Kier alpha value is -2.61. The van der Waals surface area contributed by atoms with Gasteiger partial charge in [-0.05, 0) is 24.6 Å². The van der Waals surface area contributed by atoms with Crippen molar-refractivity contribution in [2.24, 2.45) is 7.05 Å². The summed E-state index contributed by atoms with van der Waals surface area (Å²) in [5.74, 6) is -0.626. The number of hydrogen-bond donors (Lipinski definition) is 2. The summed E-state index contributed by atoms with van der Waals surface area (Å²) in [6.07, 6.45) is 1.95. The smallest absolute Gasteiger partial charge is 0.320 e. The first kappa shape index (κ1) is 16.8. The van der Waals surface area contributed by atoms with Gasteiger partial charge >= 0.3 is 5.69 Å². The summed E-state index contributed by atoms with van der Waals surface area (Å²) >= 11 is 5.97. The molecule has 0 saturated carbocycles. The van der Waals surface area contributed by atoms with Gasteiger partial charge in [0.15, 0.2) is 0 Å². The second-order valence-corrected chi connectivity index (χ2v) is 5.27. The van der Waals surface area contributed by atoms with Crippen LogP contribution in [-0.2, 0) is 7.05 Å². The molecular formula is C14H16ClN5O3. The Kier molecular flexibility index (Phi) is 5.17. The van der Waals surface area contributed by atoms with Crippen LogP contribution in [0.2, 0.25) is 5.02 Å². The van der Waals surface area contributed by atoms with Crippen LogP contribution in [0.5, 0.6) is 0 Å². The molecule has 0 unspecified atom stereocenters. The van der Waals surface area contributed by atoms with E-state index in [0.29, 0.717) is 16.4 Å². The maximum atomic E-state index is 12.4. The summed E-state index contributed by atoms with van der Waals surface area (Å²) in [5, 5.41) is 21.0. The van der Waals surface area contributed by atoms with Crippen LogP contribution >= 0.6 is 11.6 Å². The van der Waals surface area contributed by atoms with E-state index in [1.165, 1.54) is 7.05 Å². The highest BCUT2D eigenvalue weighted by atomic mass is 35.5. The van der Waals surface area contributed by atoms with E-state index in [0.717, 1.165) is 23.8 Å². The highest BCUT2D eigenvalue weighted by Gasteiger charge is 2.26. The van der Waals surface area contributed by atoms with Gasteiger partial charge in [0.25, 0.3) is 5.91 Å². The SMILES string of the molecule is CCCNc1ccc(Cl)cc1NC(=O)c1c([N+](=O)[O-])cnn1C. The van der Waals surface area contributed by atoms with Gasteiger partial charge in [-0.3, -0.25) is 19.6 Å². The predicted molar refractivity (Wildman–Crippen MR) is 88.0 cm³/mol. The summed E-state index contributed by atoms with van der Waals surface area (Å²) in [5.41, 5.74) is 0.660. The zero-order chi connectivity index (χ0) is 17.0. The number of halogens is 1. The molecule has 23 heavy (non-hydrogen) atoms. The lowest BCUT2D eigenvalue weighted by atomic mass is 10.2. The predicted octanol–water partition coefficient (Wildman–Crippen LogP) is 3.06. The Morgan fingerprint density at radius 2 is 2.17 bits per heavy atom. The van der Waals surface area contributed by atoms with Crippen LogP contribution in [0.4, 0.5) is 17.1 Å². The fourth-order valence-electron chi connectivity index (χ4n) is 2.04. The zero-order valence-corrected chi connectivity index (χ0v) is 13.4. The van der Waals surface area contributed by atoms with Crippen LogP contribution in [-0.4, -0.2) is 27.2 Å². The van der Waals surface area contributed by atoms with Gasteiger partial charge in [-0.15, -0.1) is 0 Å². The number of carbonyl (C=O) groups excluding carboxylic acids is 1. The number of anilines is 2. The van der Waals surface area contributed by atoms with Crippen molar-refractivity contribution in [1.29, 1.82) is 0 Å². The van der Waals surface area contributed by atoms with E-state index in [-0.39, 0.29) is 11.4 Å². The van der Waals surface area contributed by atoms with Crippen LogP contribution in [0.25, 0.3) is 0 Å². The molecule has 0 spiro atoms. The van der Waals surface area contributed by atoms with E-state index in [9.17, 15) is 14.9 Å². The number of hydrogen-bond acceptors (Lipinski definition) is 5. The van der Waals surface area contributed by atoms with Crippen LogP contribution in [0.15, 0.2) is 24.4 Å². The highest BCUT2D eigenvalue weighted by molar-refractivity contribution is 6.31. The van der Waals surface area contributed by atoms with Gasteiger partial charge in [0.1, 0.15) is 6.20 Å². The molecule has 1 aromatic heterocycles. The largest absolute Gasteiger partial charge is 0.383 e. The molecule has 2 aromatic rings. The molecular weight excluding hydrogens is 322 g/mol. The lowest BCUT2D eigenvalue weighted by Crippen LogP contribution is -2.18. The lowest BCUT2D eigenvalue weighted by molar-refractivity contribution is -0.385. The van der Waals surface area contributed by atoms with E-state index in [1.807, 2.05) is 6.92 Å². The van der Waals surface area contributed by atoms with Crippen molar-refractivity contribution in [1.82, 2.24) is 9.78 Å². The Labute approximate surface area is 137 Å². The minimum absolute atomic E-state index is 0.128. The van der Waals surface area contributed by atoms with Gasteiger partial charge in [0, 0.05) is 18.6 Å². The molecule has 1 heterocycles. The molecule has 0 saturated heterocycles. The van der Waals surface area contributed by atoms with Crippen molar-refractivity contribution in [2.75, 3.05) is 17.2 Å². The minimum Gasteiger partial charge on any atom is -0.383 e. The number of nitro groups is 1. The Balaban J connectivity index is 2.32. The molecule has 0 fully saturated rings. The van der Waals surface area contributed by atoms with Crippen molar-refractivity contribution in [2.45, 2.75) is 13.3 Å². The maximum Gasteiger partial charge on any atom is 0.320 e. The summed E-state index contributed by atoms with van der Waals surface area (Å²) in [7, 11) is 1.47. The second kappa shape index (κ2) is 7.10. The third-order valence-electron chi connectivity index (χ3n) is 3.13. The normalized spacial score (nSPS) is 10.4. The standard InChI is InChI=1S/C14H16ClN5O3/c1-3-6-16-10-5-4-9(15)7-11(10)18-14(21)13-12(20(22)23)8-17-19(13)2/h4-5,7-8,16H,3,6H2,1-2H3,(H,18,21). The van der Waals surface area contributed by atoms with Gasteiger partial charge < -0.3 is 10.6 Å². The molecule has 8 nitrogen and oxygen atoms in total. The summed E-state index contributed by atoms with van der Waals surface area (Å²) in [6, 6.07) is 5.02. The average Bonchev–Trinajstić information content (AvgIpc) is 2.88. The Morgan fingerprint density at radius 3 is 2.83 bits per heavy atom. The third-order valence-corrected chi connectivity index (χ3v) is 3.36. The first-order valence-electron chi connectivity index (χ1n) is 6.95. The van der Waals surface area contributed by atoms with Crippen molar-refractivity contribution in [3.63, 3.8) is 0 Å². The maximum absolute atomic E-state index is 12.4. The molecule has 9 heteroatoms. The van der Waals surface area contributed by atoms with Gasteiger partial charge in [0.2, 0.25) is 5.69 Å². The highest BCUT2D eigenvalue weighted by Crippen LogP contribution is 2.27. The van der Waals surface area contributed by atoms with Crippen LogP contribution < -0.4 is 10.6 Å². The lowest BCUT2D eigenvalue weighted by Gasteiger charge is -2.13. The fraction of sp³-hybridized carbons (Fsp3) is 0.286. The third kappa shape index (κ3) is 3.78. The minimum atomic E-state index is -0.643. The van der Waals surface area contributed by atoms with Crippen molar-refractivity contribution < 1.29 is 9.72 Å². The van der Waals surface area contributed by atoms with Gasteiger partial charge in [0.05, 0.1) is 16.3 Å². The molecule has 0 bridgehead atoms. The number of carbonyl (C=O) groups is 1. The van der Waals surface area contributed by atoms with Gasteiger partial charge in [-0.2, -0.15) is 5.10 Å². The number of rotatable bonds is 6. The van der Waals surface area contributed by atoms with Crippen molar-refractivity contribution in [3.8, 4) is 0 Å². The number of amides is 1. The monoisotopic (exact) mass is 337 g/mol. The van der Waals surface area contributed by atoms with E-state index in [4.69, 9.17) is 11.6 Å². The van der Waals surface area contributed by atoms with Crippen molar-refractivity contribution in [3.05, 3.63) is 45.2 Å². The molecule has 0 aliphatic carbocycles. The number of nitrogens with one attached hydrogen (secondary N) is 2. The Morgan fingerprint density at radius 1 is 1.43 bits per heavy atom.